The molecule has 2 aliphatic rings. The van der Waals surface area contributed by atoms with E-state index in [4.69, 9.17) is 9.47 Å². The average molecular weight is 205 g/mol. The van der Waals surface area contributed by atoms with Gasteiger partial charge in [-0.15, -0.1) is 0 Å². The molecule has 1 aromatic rings. The van der Waals surface area contributed by atoms with Crippen molar-refractivity contribution in [3.05, 3.63) is 18.2 Å². The molecule has 1 aliphatic carbocycles. The van der Waals surface area contributed by atoms with Gasteiger partial charge in [0.05, 0.1) is 19.3 Å². The Balaban J connectivity index is 1.92. The minimum atomic E-state index is 0.0688. The van der Waals surface area contributed by atoms with Gasteiger partial charge in [0.15, 0.2) is 0 Å². The van der Waals surface area contributed by atoms with E-state index in [-0.39, 0.29) is 5.60 Å². The van der Waals surface area contributed by atoms with Gasteiger partial charge in [-0.25, -0.2) is 0 Å². The Morgan fingerprint density at radius 3 is 2.93 bits per heavy atom. The molecule has 1 saturated carbocycles. The predicted octanol–water partition coefficient (Wildman–Crippen LogP) is 2.42. The molecule has 0 unspecified atom stereocenters. The monoisotopic (exact) mass is 205 g/mol. The van der Waals surface area contributed by atoms with Crippen LogP contribution >= 0.6 is 0 Å². The molecule has 0 amide bonds. The summed E-state index contributed by atoms with van der Waals surface area (Å²) in [6, 6.07) is 5.93. The normalized spacial score (nSPS) is 20.9. The largest absolute Gasteiger partial charge is 0.497 e. The summed E-state index contributed by atoms with van der Waals surface area (Å²) < 4.78 is 11.2. The van der Waals surface area contributed by atoms with Crippen molar-refractivity contribution in [1.82, 2.24) is 0 Å². The summed E-state index contributed by atoms with van der Waals surface area (Å²) in [6.07, 6.45) is 3.61. The molecule has 3 heteroatoms. The topological polar surface area (TPSA) is 30.5 Å². The summed E-state index contributed by atoms with van der Waals surface area (Å²) in [5.41, 5.74) is 1.15. The fourth-order valence-electron chi connectivity index (χ4n) is 2.24. The number of fused-ring (bicyclic) bond motifs is 1. The van der Waals surface area contributed by atoms with Crippen LogP contribution in [0.15, 0.2) is 18.2 Å². The molecule has 3 rings (SSSR count). The Kier molecular flexibility index (Phi) is 1.81. The van der Waals surface area contributed by atoms with E-state index in [0.717, 1.165) is 36.6 Å². The Bertz CT molecular complexity index is 385. The molecule has 80 valence electrons. The molecule has 1 N–H and O–H groups in total. The van der Waals surface area contributed by atoms with Crippen molar-refractivity contribution in [3.8, 4) is 11.5 Å². The number of methoxy groups -OCH3 is 1. The van der Waals surface area contributed by atoms with E-state index in [2.05, 4.69) is 5.32 Å². The number of hydrogen-bond acceptors (Lipinski definition) is 3. The maximum Gasteiger partial charge on any atom is 0.147 e. The summed E-state index contributed by atoms with van der Waals surface area (Å²) >= 11 is 0. The average Bonchev–Trinajstić information content (AvgIpc) is 2.25. The summed E-state index contributed by atoms with van der Waals surface area (Å²) in [5.74, 6) is 1.78. The summed E-state index contributed by atoms with van der Waals surface area (Å²) in [6.45, 7) is 0.937. The van der Waals surface area contributed by atoms with Crippen molar-refractivity contribution in [2.75, 3.05) is 19.0 Å². The number of ether oxygens (including phenoxy) is 2. The summed E-state index contributed by atoms with van der Waals surface area (Å²) in [4.78, 5) is 0. The molecule has 0 saturated heterocycles. The highest BCUT2D eigenvalue weighted by molar-refractivity contribution is 5.61. The van der Waals surface area contributed by atoms with Gasteiger partial charge in [-0.2, -0.15) is 0 Å². The lowest BCUT2D eigenvalue weighted by Crippen LogP contribution is -2.51. The molecule has 0 bridgehead atoms. The Hall–Kier alpha value is -1.38. The van der Waals surface area contributed by atoms with E-state index < -0.39 is 0 Å². The van der Waals surface area contributed by atoms with Gasteiger partial charge in [-0.3, -0.25) is 0 Å². The van der Waals surface area contributed by atoms with Gasteiger partial charge >= 0.3 is 0 Å². The van der Waals surface area contributed by atoms with Gasteiger partial charge in [0, 0.05) is 6.07 Å². The van der Waals surface area contributed by atoms with E-state index >= 15 is 0 Å². The molecule has 1 fully saturated rings. The number of hydrogen-bond donors (Lipinski definition) is 1. The van der Waals surface area contributed by atoms with Crippen molar-refractivity contribution >= 4 is 5.69 Å². The van der Waals surface area contributed by atoms with Crippen molar-refractivity contribution in [2.24, 2.45) is 0 Å². The zero-order valence-electron chi connectivity index (χ0n) is 8.88. The van der Waals surface area contributed by atoms with E-state index in [1.54, 1.807) is 7.11 Å². The highest BCUT2D eigenvalue weighted by atomic mass is 16.5. The second kappa shape index (κ2) is 3.05. The van der Waals surface area contributed by atoms with Crippen molar-refractivity contribution in [1.29, 1.82) is 0 Å². The molecule has 1 heterocycles. The number of anilines is 1. The molecule has 3 nitrogen and oxygen atoms in total. The first-order chi connectivity index (χ1) is 7.31. The van der Waals surface area contributed by atoms with E-state index in [0.29, 0.717) is 0 Å². The summed E-state index contributed by atoms with van der Waals surface area (Å²) in [5, 5.41) is 3.43. The predicted molar refractivity (Wildman–Crippen MR) is 58.7 cm³/mol. The minimum absolute atomic E-state index is 0.0688. The maximum absolute atomic E-state index is 6.06. The second-order valence-electron chi connectivity index (χ2n) is 4.35. The van der Waals surface area contributed by atoms with E-state index in [1.807, 2.05) is 18.2 Å². The van der Waals surface area contributed by atoms with Crippen molar-refractivity contribution < 1.29 is 9.47 Å². The Morgan fingerprint density at radius 2 is 2.27 bits per heavy atom. The molecule has 1 aromatic carbocycles. The zero-order valence-corrected chi connectivity index (χ0v) is 8.88. The number of nitrogens with one attached hydrogen (secondary N) is 1. The highest BCUT2D eigenvalue weighted by Crippen LogP contribution is 2.43. The first-order valence-electron chi connectivity index (χ1n) is 5.42. The van der Waals surface area contributed by atoms with Crippen molar-refractivity contribution in [3.63, 3.8) is 0 Å². The molecule has 0 atom stereocenters. The molecule has 0 radical (unpaired) electrons. The lowest BCUT2D eigenvalue weighted by atomic mass is 9.79. The number of benzene rings is 1. The third-order valence-corrected chi connectivity index (χ3v) is 3.38. The van der Waals surface area contributed by atoms with Crippen LogP contribution in [0.3, 0.4) is 0 Å². The maximum atomic E-state index is 6.06. The Labute approximate surface area is 89.4 Å². The summed E-state index contributed by atoms with van der Waals surface area (Å²) in [7, 11) is 1.68. The molecular formula is C12H15NO2. The smallest absolute Gasteiger partial charge is 0.147 e. The van der Waals surface area contributed by atoms with Crippen LogP contribution in [-0.4, -0.2) is 19.3 Å². The molecule has 1 aliphatic heterocycles. The van der Waals surface area contributed by atoms with Crippen LogP contribution in [0.4, 0.5) is 5.69 Å². The van der Waals surface area contributed by atoms with Crippen LogP contribution in [0.1, 0.15) is 19.3 Å². The van der Waals surface area contributed by atoms with E-state index in [1.165, 1.54) is 6.42 Å². The van der Waals surface area contributed by atoms with Crippen LogP contribution in [0.25, 0.3) is 0 Å². The molecule has 0 aromatic heterocycles. The van der Waals surface area contributed by atoms with E-state index in [9.17, 15) is 0 Å². The van der Waals surface area contributed by atoms with Gasteiger partial charge < -0.3 is 14.8 Å². The molecular weight excluding hydrogens is 190 g/mol. The zero-order chi connectivity index (χ0) is 10.3. The van der Waals surface area contributed by atoms with Gasteiger partial charge in [0.25, 0.3) is 0 Å². The van der Waals surface area contributed by atoms with Crippen LogP contribution in [-0.2, 0) is 0 Å². The molecule has 15 heavy (non-hydrogen) atoms. The fourth-order valence-corrected chi connectivity index (χ4v) is 2.24. The van der Waals surface area contributed by atoms with Crippen LogP contribution in [0.2, 0.25) is 0 Å². The molecule has 1 spiro atoms. The Morgan fingerprint density at radius 1 is 1.40 bits per heavy atom. The minimum Gasteiger partial charge on any atom is -0.497 e. The second-order valence-corrected chi connectivity index (χ2v) is 4.35. The highest BCUT2D eigenvalue weighted by Gasteiger charge is 2.42. The van der Waals surface area contributed by atoms with Gasteiger partial charge in [0.2, 0.25) is 0 Å². The SMILES string of the molecule is COc1ccc2c(c1)OC1(CCC1)CN2. The van der Waals surface area contributed by atoms with Gasteiger partial charge in [0.1, 0.15) is 17.1 Å². The first kappa shape index (κ1) is 8.89. The first-order valence-corrected chi connectivity index (χ1v) is 5.42. The van der Waals surface area contributed by atoms with Gasteiger partial charge in [-0.05, 0) is 31.4 Å². The standard InChI is InChI=1S/C12H15NO2/c1-14-9-3-4-10-11(7-9)15-12(8-13-10)5-2-6-12/h3-4,7,13H,2,5-6,8H2,1H3. The van der Waals surface area contributed by atoms with Crippen molar-refractivity contribution in [2.45, 2.75) is 24.9 Å². The lowest BCUT2D eigenvalue weighted by molar-refractivity contribution is 0.0000511. The number of rotatable bonds is 1. The van der Waals surface area contributed by atoms with Crippen LogP contribution < -0.4 is 14.8 Å². The fraction of sp³-hybridized carbons (Fsp3) is 0.500. The third kappa shape index (κ3) is 1.34. The third-order valence-electron chi connectivity index (χ3n) is 3.38. The van der Waals surface area contributed by atoms with Crippen LogP contribution in [0, 0.1) is 0 Å². The van der Waals surface area contributed by atoms with Gasteiger partial charge in [-0.1, -0.05) is 0 Å². The quantitative estimate of drug-likeness (QED) is 0.763. The lowest BCUT2D eigenvalue weighted by Gasteiger charge is -2.45. The van der Waals surface area contributed by atoms with Crippen LogP contribution in [0.5, 0.6) is 11.5 Å².